The lowest BCUT2D eigenvalue weighted by atomic mass is 10.5. The predicted molar refractivity (Wildman–Crippen MR) is 33.4 cm³/mol. The van der Waals surface area contributed by atoms with Crippen molar-refractivity contribution in [2.45, 2.75) is 0 Å². The molecule has 0 unspecified atom stereocenters. The SMILES string of the molecule is C[n+]1ccccc1.[I-].[Mg]. The molecular formula is C6H8IMgN. The summed E-state index contributed by atoms with van der Waals surface area (Å²) in [5.41, 5.74) is 0. The van der Waals surface area contributed by atoms with E-state index in [0.29, 0.717) is 0 Å². The van der Waals surface area contributed by atoms with Gasteiger partial charge in [0.1, 0.15) is 7.05 Å². The standard InChI is InChI=1S/C6H8N.HI.Mg/c1-7-5-3-2-4-6-7;;/h2-6H,1H3;1H;/q+1;;/p-1. The van der Waals surface area contributed by atoms with Crippen LogP contribution >= 0.6 is 0 Å². The van der Waals surface area contributed by atoms with Gasteiger partial charge in [-0.05, 0) is 0 Å². The van der Waals surface area contributed by atoms with Crippen LogP contribution in [0.5, 0.6) is 0 Å². The molecule has 0 aliphatic rings. The van der Waals surface area contributed by atoms with E-state index in [0.717, 1.165) is 0 Å². The smallest absolute Gasteiger partial charge is 0.168 e. The molecule has 0 aliphatic carbocycles. The van der Waals surface area contributed by atoms with E-state index in [1.807, 2.05) is 42.2 Å². The summed E-state index contributed by atoms with van der Waals surface area (Å²) in [5, 5.41) is 0. The normalized spacial score (nSPS) is 6.78. The van der Waals surface area contributed by atoms with E-state index in [1.54, 1.807) is 0 Å². The van der Waals surface area contributed by atoms with Crippen molar-refractivity contribution < 1.29 is 28.5 Å². The molecule has 0 atom stereocenters. The molecule has 0 spiro atoms. The maximum absolute atomic E-state index is 2.00. The van der Waals surface area contributed by atoms with Crippen molar-refractivity contribution in [3.63, 3.8) is 0 Å². The number of rotatable bonds is 0. The third-order valence-corrected chi connectivity index (χ3v) is 0.865. The molecule has 0 saturated heterocycles. The Kier molecular flexibility index (Phi) is 9.27. The zero-order valence-corrected chi connectivity index (χ0v) is 8.99. The van der Waals surface area contributed by atoms with Gasteiger partial charge in [0.2, 0.25) is 0 Å². The Hall–Kier alpha value is 0.646. The summed E-state index contributed by atoms with van der Waals surface area (Å²) in [6.45, 7) is 0. The molecule has 0 aliphatic heterocycles. The fraction of sp³-hybridized carbons (Fsp3) is 0.167. The second kappa shape index (κ2) is 6.76. The van der Waals surface area contributed by atoms with Gasteiger partial charge in [-0.2, -0.15) is 0 Å². The van der Waals surface area contributed by atoms with Crippen LogP contribution in [-0.2, 0) is 7.05 Å². The first kappa shape index (κ1) is 12.3. The van der Waals surface area contributed by atoms with Crippen LogP contribution in [0, 0.1) is 0 Å². The molecule has 0 saturated carbocycles. The van der Waals surface area contributed by atoms with Crippen molar-refractivity contribution in [3.8, 4) is 0 Å². The minimum Gasteiger partial charge on any atom is -1.00 e. The third-order valence-electron chi connectivity index (χ3n) is 0.865. The highest BCUT2D eigenvalue weighted by molar-refractivity contribution is 5.75. The van der Waals surface area contributed by atoms with Gasteiger partial charge in [-0.25, -0.2) is 4.57 Å². The molecule has 1 heterocycles. The Morgan fingerprint density at radius 2 is 1.44 bits per heavy atom. The highest BCUT2D eigenvalue weighted by Crippen LogP contribution is 1.71. The maximum atomic E-state index is 2.00. The monoisotopic (exact) mass is 245 g/mol. The molecule has 0 amide bonds. The predicted octanol–water partition coefficient (Wildman–Crippen LogP) is -2.87. The zero-order chi connectivity index (χ0) is 5.11. The molecule has 3 heteroatoms. The second-order valence-corrected chi connectivity index (χ2v) is 1.54. The first-order chi connectivity index (χ1) is 3.39. The van der Waals surface area contributed by atoms with Gasteiger partial charge in [0.05, 0.1) is 0 Å². The molecule has 1 rings (SSSR count). The second-order valence-electron chi connectivity index (χ2n) is 1.54. The molecule has 0 bridgehead atoms. The Morgan fingerprint density at radius 1 is 1.00 bits per heavy atom. The van der Waals surface area contributed by atoms with Gasteiger partial charge in [0.25, 0.3) is 0 Å². The number of hydrogen-bond acceptors (Lipinski definition) is 0. The van der Waals surface area contributed by atoms with Crippen molar-refractivity contribution in [2.24, 2.45) is 7.05 Å². The van der Waals surface area contributed by atoms with Crippen LogP contribution in [-0.4, -0.2) is 23.1 Å². The fourth-order valence-electron chi connectivity index (χ4n) is 0.485. The fourth-order valence-corrected chi connectivity index (χ4v) is 0.485. The van der Waals surface area contributed by atoms with Crippen molar-refractivity contribution in [2.75, 3.05) is 0 Å². The molecule has 2 radical (unpaired) electrons. The van der Waals surface area contributed by atoms with E-state index in [9.17, 15) is 0 Å². The lowest BCUT2D eigenvalue weighted by Crippen LogP contribution is -3.00. The quantitative estimate of drug-likeness (QED) is 0.263. The number of nitrogens with zero attached hydrogens (tertiary/aromatic N) is 1. The first-order valence-electron chi connectivity index (χ1n) is 2.30. The molecular weight excluding hydrogens is 237 g/mol. The van der Waals surface area contributed by atoms with E-state index in [1.165, 1.54) is 0 Å². The van der Waals surface area contributed by atoms with Gasteiger partial charge >= 0.3 is 0 Å². The number of aromatic nitrogens is 1. The highest BCUT2D eigenvalue weighted by atomic mass is 127. The van der Waals surface area contributed by atoms with E-state index in [4.69, 9.17) is 0 Å². The summed E-state index contributed by atoms with van der Waals surface area (Å²) in [6, 6.07) is 6.00. The molecule has 0 aromatic carbocycles. The molecule has 0 fully saturated rings. The summed E-state index contributed by atoms with van der Waals surface area (Å²) in [4.78, 5) is 0. The maximum Gasteiger partial charge on any atom is 0.168 e. The van der Waals surface area contributed by atoms with E-state index < -0.39 is 0 Å². The largest absolute Gasteiger partial charge is 1.00 e. The zero-order valence-electron chi connectivity index (χ0n) is 5.42. The average molecular weight is 245 g/mol. The van der Waals surface area contributed by atoms with Crippen LogP contribution < -0.4 is 28.5 Å². The molecule has 1 aromatic rings. The minimum absolute atomic E-state index is 0. The van der Waals surface area contributed by atoms with Crippen molar-refractivity contribution in [3.05, 3.63) is 30.6 Å². The number of halogens is 1. The highest BCUT2D eigenvalue weighted by Gasteiger charge is 1.78. The van der Waals surface area contributed by atoms with Gasteiger partial charge in [-0.3, -0.25) is 0 Å². The minimum atomic E-state index is 0. The number of pyridine rings is 1. The molecule has 1 aromatic heterocycles. The van der Waals surface area contributed by atoms with Crippen molar-refractivity contribution >= 4 is 23.1 Å². The van der Waals surface area contributed by atoms with Crippen molar-refractivity contribution in [1.29, 1.82) is 0 Å². The summed E-state index contributed by atoms with van der Waals surface area (Å²) >= 11 is 0. The summed E-state index contributed by atoms with van der Waals surface area (Å²) in [7, 11) is 2.00. The molecule has 9 heavy (non-hydrogen) atoms. The van der Waals surface area contributed by atoms with Gasteiger partial charge in [0, 0.05) is 35.2 Å². The van der Waals surface area contributed by atoms with E-state index in [2.05, 4.69) is 0 Å². The third kappa shape index (κ3) is 5.11. The average Bonchev–Trinajstić information content (AvgIpc) is 1.69. The van der Waals surface area contributed by atoms with Crippen LogP contribution in [0.1, 0.15) is 0 Å². The Morgan fingerprint density at radius 3 is 1.67 bits per heavy atom. The Bertz CT molecular complexity index is 143. The summed E-state index contributed by atoms with van der Waals surface area (Å²) in [5.74, 6) is 0. The van der Waals surface area contributed by atoms with E-state index >= 15 is 0 Å². The van der Waals surface area contributed by atoms with Crippen LogP contribution in [0.25, 0.3) is 0 Å². The van der Waals surface area contributed by atoms with Crippen LogP contribution in [0.2, 0.25) is 0 Å². The molecule has 46 valence electrons. The first-order valence-corrected chi connectivity index (χ1v) is 2.30. The topological polar surface area (TPSA) is 3.88 Å². The molecule has 1 nitrogen and oxygen atoms in total. The number of hydrogen-bond donors (Lipinski definition) is 0. The Balaban J connectivity index is 0. The van der Waals surface area contributed by atoms with Crippen LogP contribution in [0.4, 0.5) is 0 Å². The van der Waals surface area contributed by atoms with Crippen molar-refractivity contribution in [1.82, 2.24) is 0 Å². The van der Waals surface area contributed by atoms with E-state index in [-0.39, 0.29) is 47.0 Å². The van der Waals surface area contributed by atoms with Crippen LogP contribution in [0.3, 0.4) is 0 Å². The van der Waals surface area contributed by atoms with Gasteiger partial charge in [-0.15, -0.1) is 0 Å². The summed E-state index contributed by atoms with van der Waals surface area (Å²) in [6.07, 6.45) is 4.00. The van der Waals surface area contributed by atoms with Gasteiger partial charge in [-0.1, -0.05) is 6.07 Å². The van der Waals surface area contributed by atoms with Gasteiger partial charge in [0.15, 0.2) is 12.4 Å². The lowest BCUT2D eigenvalue weighted by Gasteiger charge is -1.77. The summed E-state index contributed by atoms with van der Waals surface area (Å²) < 4.78 is 2.00. The lowest BCUT2D eigenvalue weighted by molar-refractivity contribution is -0.671. The Labute approximate surface area is 88.6 Å². The number of aryl methyl sites for hydroxylation is 1. The van der Waals surface area contributed by atoms with Crippen LogP contribution in [0.15, 0.2) is 30.6 Å². The molecule has 0 N–H and O–H groups in total. The van der Waals surface area contributed by atoms with Gasteiger partial charge < -0.3 is 24.0 Å².